The SMILES string of the molecule is Cl.NC(N)=Nc1nc(-c2ccc(NC(N)=NCCN3CCCC3)cc2)cs1. The molecule has 0 radical (unpaired) electrons. The van der Waals surface area contributed by atoms with E-state index in [2.05, 4.69) is 25.2 Å². The second-order valence-electron chi connectivity index (χ2n) is 6.07. The Morgan fingerprint density at radius 3 is 2.52 bits per heavy atom. The van der Waals surface area contributed by atoms with Crippen molar-refractivity contribution >= 4 is 46.5 Å². The van der Waals surface area contributed by atoms with Crippen molar-refractivity contribution in [3.05, 3.63) is 29.6 Å². The van der Waals surface area contributed by atoms with Crippen molar-refractivity contribution in [2.24, 2.45) is 27.2 Å². The fraction of sp³-hybridized carbons (Fsp3) is 0.353. The first-order valence-corrected chi connectivity index (χ1v) is 9.43. The molecule has 0 aliphatic carbocycles. The highest BCUT2D eigenvalue weighted by Gasteiger charge is 2.10. The Morgan fingerprint density at radius 1 is 1.15 bits per heavy atom. The lowest BCUT2D eigenvalue weighted by molar-refractivity contribution is 0.349. The minimum absolute atomic E-state index is 0. The fourth-order valence-corrected chi connectivity index (χ4v) is 3.50. The summed E-state index contributed by atoms with van der Waals surface area (Å²) in [5.41, 5.74) is 19.4. The lowest BCUT2D eigenvalue weighted by Crippen LogP contribution is -2.26. The maximum atomic E-state index is 5.96. The lowest BCUT2D eigenvalue weighted by Gasteiger charge is -2.12. The molecule has 7 N–H and O–H groups in total. The number of rotatable bonds is 6. The van der Waals surface area contributed by atoms with Gasteiger partial charge >= 0.3 is 0 Å². The number of halogens is 1. The van der Waals surface area contributed by atoms with E-state index in [-0.39, 0.29) is 18.4 Å². The van der Waals surface area contributed by atoms with Crippen LogP contribution in [0.3, 0.4) is 0 Å². The third kappa shape index (κ3) is 6.38. The van der Waals surface area contributed by atoms with Crippen molar-refractivity contribution < 1.29 is 0 Å². The zero-order valence-corrected chi connectivity index (χ0v) is 16.6. The molecule has 0 amide bonds. The van der Waals surface area contributed by atoms with Crippen LogP contribution in [0.1, 0.15) is 12.8 Å². The number of hydrogen-bond donors (Lipinski definition) is 4. The maximum absolute atomic E-state index is 5.96. The van der Waals surface area contributed by atoms with Gasteiger partial charge < -0.3 is 27.4 Å². The van der Waals surface area contributed by atoms with E-state index in [4.69, 9.17) is 17.2 Å². The van der Waals surface area contributed by atoms with Gasteiger partial charge in [0.1, 0.15) is 0 Å². The van der Waals surface area contributed by atoms with Gasteiger partial charge in [-0.2, -0.15) is 4.99 Å². The number of hydrogen-bond acceptors (Lipinski definition) is 5. The van der Waals surface area contributed by atoms with Crippen molar-refractivity contribution in [1.29, 1.82) is 0 Å². The summed E-state index contributed by atoms with van der Waals surface area (Å²) in [7, 11) is 0. The Labute approximate surface area is 169 Å². The summed E-state index contributed by atoms with van der Waals surface area (Å²) in [6.07, 6.45) is 2.58. The summed E-state index contributed by atoms with van der Waals surface area (Å²) >= 11 is 1.39. The van der Waals surface area contributed by atoms with Gasteiger partial charge in [0.05, 0.1) is 12.2 Å². The Morgan fingerprint density at radius 2 is 1.85 bits per heavy atom. The van der Waals surface area contributed by atoms with Crippen molar-refractivity contribution in [1.82, 2.24) is 9.88 Å². The van der Waals surface area contributed by atoms with E-state index in [1.165, 1.54) is 37.3 Å². The molecule has 1 saturated heterocycles. The Kier molecular flexibility index (Phi) is 7.83. The summed E-state index contributed by atoms with van der Waals surface area (Å²) in [6.45, 7) is 4.02. The summed E-state index contributed by atoms with van der Waals surface area (Å²) in [6, 6.07) is 7.82. The molecule has 8 nitrogen and oxygen atoms in total. The molecule has 146 valence electrons. The Bertz CT molecular complexity index is 776. The van der Waals surface area contributed by atoms with Gasteiger partial charge in [-0.05, 0) is 38.1 Å². The van der Waals surface area contributed by atoms with E-state index < -0.39 is 0 Å². The van der Waals surface area contributed by atoms with Gasteiger partial charge in [0.15, 0.2) is 11.9 Å². The van der Waals surface area contributed by atoms with Crippen LogP contribution in [0, 0.1) is 0 Å². The van der Waals surface area contributed by atoms with Gasteiger partial charge in [-0.3, -0.25) is 4.99 Å². The van der Waals surface area contributed by atoms with Crippen LogP contribution in [0.25, 0.3) is 11.3 Å². The highest BCUT2D eigenvalue weighted by molar-refractivity contribution is 7.13. The molecule has 0 atom stereocenters. The first kappa shape index (κ1) is 20.9. The largest absolute Gasteiger partial charge is 0.370 e. The third-order valence-corrected chi connectivity index (χ3v) is 4.80. The topological polar surface area (TPSA) is 131 Å². The van der Waals surface area contributed by atoms with E-state index >= 15 is 0 Å². The van der Waals surface area contributed by atoms with Crippen molar-refractivity contribution in [2.75, 3.05) is 31.5 Å². The van der Waals surface area contributed by atoms with Crippen LogP contribution in [-0.2, 0) is 0 Å². The van der Waals surface area contributed by atoms with Gasteiger partial charge in [0.2, 0.25) is 5.13 Å². The summed E-state index contributed by atoms with van der Waals surface area (Å²) in [4.78, 5) is 15.1. The van der Waals surface area contributed by atoms with Crippen molar-refractivity contribution in [2.45, 2.75) is 12.8 Å². The summed E-state index contributed by atoms with van der Waals surface area (Å²) in [5, 5.41) is 5.57. The molecule has 1 fully saturated rings. The number of thiazole rings is 1. The van der Waals surface area contributed by atoms with Crippen LogP contribution >= 0.6 is 23.7 Å². The third-order valence-electron chi connectivity index (χ3n) is 4.07. The average Bonchev–Trinajstić information content (AvgIpc) is 3.27. The number of anilines is 1. The minimum Gasteiger partial charge on any atom is -0.370 e. The smallest absolute Gasteiger partial charge is 0.212 e. The quantitative estimate of drug-likeness (QED) is 0.426. The van der Waals surface area contributed by atoms with E-state index in [1.54, 1.807) is 0 Å². The average molecular weight is 409 g/mol. The van der Waals surface area contributed by atoms with E-state index in [9.17, 15) is 0 Å². The Hall–Kier alpha value is -2.36. The van der Waals surface area contributed by atoms with Gasteiger partial charge in [0.25, 0.3) is 0 Å². The van der Waals surface area contributed by atoms with Crippen LogP contribution in [0.2, 0.25) is 0 Å². The molecule has 1 aliphatic heterocycles. The van der Waals surface area contributed by atoms with Crippen molar-refractivity contribution in [3.63, 3.8) is 0 Å². The second kappa shape index (κ2) is 10.1. The lowest BCUT2D eigenvalue weighted by atomic mass is 10.1. The second-order valence-corrected chi connectivity index (χ2v) is 6.91. The van der Waals surface area contributed by atoms with Crippen LogP contribution in [0.4, 0.5) is 10.8 Å². The minimum atomic E-state index is 0. The molecule has 2 heterocycles. The number of nitrogens with one attached hydrogen (secondary N) is 1. The number of nitrogens with two attached hydrogens (primary N) is 3. The van der Waals surface area contributed by atoms with Gasteiger partial charge in [-0.25, -0.2) is 4.98 Å². The maximum Gasteiger partial charge on any atom is 0.212 e. The van der Waals surface area contributed by atoms with Crippen LogP contribution < -0.4 is 22.5 Å². The van der Waals surface area contributed by atoms with E-state index in [0.29, 0.717) is 17.6 Å². The summed E-state index contributed by atoms with van der Waals surface area (Å²) in [5.74, 6) is 0.436. The molecular weight excluding hydrogens is 384 g/mol. The first-order valence-electron chi connectivity index (χ1n) is 8.55. The molecule has 0 bridgehead atoms. The van der Waals surface area contributed by atoms with Gasteiger partial charge in [0, 0.05) is 23.2 Å². The molecule has 1 aromatic carbocycles. The predicted octanol–water partition coefficient (Wildman–Crippen LogP) is 1.96. The van der Waals surface area contributed by atoms with E-state index in [0.717, 1.165) is 23.5 Å². The molecule has 0 spiro atoms. The predicted molar refractivity (Wildman–Crippen MR) is 116 cm³/mol. The summed E-state index contributed by atoms with van der Waals surface area (Å²) < 4.78 is 0. The fourth-order valence-electron chi connectivity index (χ4n) is 2.79. The highest BCUT2D eigenvalue weighted by Crippen LogP contribution is 2.27. The molecule has 27 heavy (non-hydrogen) atoms. The van der Waals surface area contributed by atoms with Crippen molar-refractivity contribution in [3.8, 4) is 11.3 Å². The molecule has 1 aliphatic rings. The molecule has 0 saturated carbocycles. The van der Waals surface area contributed by atoms with Crippen LogP contribution in [0.5, 0.6) is 0 Å². The number of aliphatic imine (C=N–C) groups is 2. The van der Waals surface area contributed by atoms with Gasteiger partial charge in [-0.1, -0.05) is 12.1 Å². The zero-order valence-electron chi connectivity index (χ0n) is 15.0. The molecule has 3 rings (SSSR count). The molecular formula is C17H25ClN8S. The van der Waals surface area contributed by atoms with Crippen LogP contribution in [0.15, 0.2) is 39.6 Å². The standard InChI is InChI=1S/C17H24N8S.ClH/c18-15(19)24-17-23-14(11-26-17)12-3-5-13(6-4-12)22-16(20)21-7-10-25-8-1-2-9-25;/h3-6,11H,1-2,7-10H2,(H3,20,21,22)(H4,18,19,23,24);1H. The monoisotopic (exact) mass is 408 g/mol. The number of benzene rings is 1. The molecule has 10 heteroatoms. The molecule has 0 unspecified atom stereocenters. The van der Waals surface area contributed by atoms with E-state index in [1.807, 2.05) is 29.6 Å². The zero-order chi connectivity index (χ0) is 18.4. The van der Waals surface area contributed by atoms with Crippen LogP contribution in [-0.4, -0.2) is 48.0 Å². The number of nitrogens with zero attached hydrogens (tertiary/aromatic N) is 4. The number of likely N-dealkylation sites (tertiary alicyclic amines) is 1. The number of guanidine groups is 2. The first-order chi connectivity index (χ1) is 12.6. The van der Waals surface area contributed by atoms with Gasteiger partial charge in [-0.15, -0.1) is 23.7 Å². The normalized spacial score (nSPS) is 14.6. The molecule has 1 aromatic heterocycles. The number of aromatic nitrogens is 1. The molecule has 2 aromatic rings. The highest BCUT2D eigenvalue weighted by atomic mass is 35.5. The Balaban J connectivity index is 0.00000261.